The highest BCUT2D eigenvalue weighted by molar-refractivity contribution is 5.97. The standard InChI is InChI=1S/C17H16N4O4/c1-10-6-13(11(2)20(10)3)9-18-19-17(22)16-8-12-7-14(21(23)24)4-5-15(12)25-16/h4-9H,1-3H3,(H,19,22)/b18-9-. The Labute approximate surface area is 142 Å². The van der Waals surface area contributed by atoms with Crippen molar-refractivity contribution in [2.24, 2.45) is 12.1 Å². The van der Waals surface area contributed by atoms with Gasteiger partial charge in [-0.3, -0.25) is 14.9 Å². The number of amides is 1. The molecule has 8 heteroatoms. The first-order valence-electron chi connectivity index (χ1n) is 7.51. The average molecular weight is 340 g/mol. The zero-order valence-corrected chi connectivity index (χ0v) is 13.9. The van der Waals surface area contributed by atoms with Crippen LogP contribution in [-0.4, -0.2) is 21.6 Å². The zero-order valence-electron chi connectivity index (χ0n) is 13.9. The number of hydrogen-bond acceptors (Lipinski definition) is 5. The van der Waals surface area contributed by atoms with Gasteiger partial charge in [0.15, 0.2) is 5.76 Å². The number of nitro benzene ring substituents is 1. The number of nitrogens with zero attached hydrogens (tertiary/aromatic N) is 3. The number of hydrogen-bond donors (Lipinski definition) is 1. The number of nitro groups is 1. The maximum Gasteiger partial charge on any atom is 0.307 e. The van der Waals surface area contributed by atoms with Crippen LogP contribution in [0, 0.1) is 24.0 Å². The summed E-state index contributed by atoms with van der Waals surface area (Å²) < 4.78 is 7.42. The van der Waals surface area contributed by atoms with Crippen molar-refractivity contribution in [1.29, 1.82) is 0 Å². The Kier molecular flexibility index (Phi) is 4.10. The van der Waals surface area contributed by atoms with Gasteiger partial charge in [-0.15, -0.1) is 0 Å². The van der Waals surface area contributed by atoms with Crippen LogP contribution in [0.5, 0.6) is 0 Å². The fourth-order valence-corrected chi connectivity index (χ4v) is 2.49. The molecule has 128 valence electrons. The monoisotopic (exact) mass is 340 g/mol. The normalized spacial score (nSPS) is 11.3. The molecule has 2 heterocycles. The van der Waals surface area contributed by atoms with E-state index >= 15 is 0 Å². The lowest BCUT2D eigenvalue weighted by Crippen LogP contribution is -2.16. The number of aryl methyl sites for hydroxylation is 1. The summed E-state index contributed by atoms with van der Waals surface area (Å²) in [6.45, 7) is 3.94. The van der Waals surface area contributed by atoms with Crippen molar-refractivity contribution in [3.05, 3.63) is 63.2 Å². The second-order valence-corrected chi connectivity index (χ2v) is 5.67. The molecular weight excluding hydrogens is 324 g/mol. The smallest absolute Gasteiger partial charge is 0.307 e. The second-order valence-electron chi connectivity index (χ2n) is 5.67. The molecule has 1 N–H and O–H groups in total. The third-order valence-corrected chi connectivity index (χ3v) is 4.12. The van der Waals surface area contributed by atoms with E-state index in [0.29, 0.717) is 11.0 Å². The summed E-state index contributed by atoms with van der Waals surface area (Å²) in [6, 6.07) is 7.56. The van der Waals surface area contributed by atoms with Crippen LogP contribution in [0.2, 0.25) is 0 Å². The number of fused-ring (bicyclic) bond motifs is 1. The van der Waals surface area contributed by atoms with Gasteiger partial charge in [-0.25, -0.2) is 5.43 Å². The molecule has 25 heavy (non-hydrogen) atoms. The van der Waals surface area contributed by atoms with Gasteiger partial charge in [0.2, 0.25) is 0 Å². The van der Waals surface area contributed by atoms with Gasteiger partial charge in [-0.1, -0.05) is 0 Å². The van der Waals surface area contributed by atoms with Crippen LogP contribution in [0.25, 0.3) is 11.0 Å². The molecule has 2 aromatic heterocycles. The number of non-ortho nitro benzene ring substituents is 1. The molecule has 0 spiro atoms. The minimum absolute atomic E-state index is 0.0358. The Morgan fingerprint density at radius 3 is 2.72 bits per heavy atom. The lowest BCUT2D eigenvalue weighted by atomic mass is 10.2. The van der Waals surface area contributed by atoms with Crippen LogP contribution in [0.4, 0.5) is 5.69 Å². The molecule has 0 saturated carbocycles. The third-order valence-electron chi connectivity index (χ3n) is 4.12. The molecule has 0 aliphatic heterocycles. The van der Waals surface area contributed by atoms with Crippen molar-refractivity contribution in [1.82, 2.24) is 9.99 Å². The molecule has 0 saturated heterocycles. The number of carbonyl (C=O) groups is 1. The summed E-state index contributed by atoms with van der Waals surface area (Å²) in [5.74, 6) is -0.492. The number of hydrazone groups is 1. The minimum atomic E-state index is -0.527. The predicted molar refractivity (Wildman–Crippen MR) is 92.8 cm³/mol. The predicted octanol–water partition coefficient (Wildman–Crippen LogP) is 3.06. The summed E-state index contributed by atoms with van der Waals surface area (Å²) in [5.41, 5.74) is 5.76. The Morgan fingerprint density at radius 1 is 1.32 bits per heavy atom. The molecule has 1 aromatic carbocycles. The fraction of sp³-hybridized carbons (Fsp3) is 0.176. The first-order chi connectivity index (χ1) is 11.9. The number of benzene rings is 1. The quantitative estimate of drug-likeness (QED) is 0.448. The molecular formula is C17H16N4O4. The van der Waals surface area contributed by atoms with Crippen LogP contribution < -0.4 is 5.43 Å². The largest absolute Gasteiger partial charge is 0.451 e. The molecule has 0 fully saturated rings. The van der Waals surface area contributed by atoms with Crippen molar-refractivity contribution in [3.63, 3.8) is 0 Å². The van der Waals surface area contributed by atoms with Gasteiger partial charge in [-0.2, -0.15) is 5.10 Å². The van der Waals surface area contributed by atoms with Gasteiger partial charge >= 0.3 is 5.91 Å². The van der Waals surface area contributed by atoms with Gasteiger partial charge in [-0.05, 0) is 32.0 Å². The molecule has 1 amide bonds. The molecule has 0 aliphatic rings. The average Bonchev–Trinajstić information content (AvgIpc) is 3.11. The summed E-state index contributed by atoms with van der Waals surface area (Å²) in [4.78, 5) is 22.4. The van der Waals surface area contributed by atoms with E-state index in [2.05, 4.69) is 10.5 Å². The number of carbonyl (C=O) groups excluding carboxylic acids is 1. The minimum Gasteiger partial charge on any atom is -0.451 e. The molecule has 0 atom stereocenters. The van der Waals surface area contributed by atoms with Crippen molar-refractivity contribution in [3.8, 4) is 0 Å². The van der Waals surface area contributed by atoms with Crippen LogP contribution >= 0.6 is 0 Å². The van der Waals surface area contributed by atoms with Crippen molar-refractivity contribution >= 4 is 28.8 Å². The SMILES string of the molecule is Cc1cc(/C=N\NC(=O)c2cc3cc([N+](=O)[O-])ccc3o2)c(C)n1C. The van der Waals surface area contributed by atoms with Crippen LogP contribution in [0.15, 0.2) is 39.9 Å². The Bertz CT molecular complexity index is 1010. The first kappa shape index (κ1) is 16.4. The third kappa shape index (κ3) is 3.14. The molecule has 0 bridgehead atoms. The van der Waals surface area contributed by atoms with E-state index in [1.54, 1.807) is 6.21 Å². The summed E-state index contributed by atoms with van der Waals surface area (Å²) in [5, 5.41) is 15.2. The molecule has 0 unspecified atom stereocenters. The lowest BCUT2D eigenvalue weighted by Gasteiger charge is -1.99. The molecule has 8 nitrogen and oxygen atoms in total. The van der Waals surface area contributed by atoms with E-state index in [-0.39, 0.29) is 11.4 Å². The van der Waals surface area contributed by atoms with Gasteiger partial charge in [0.05, 0.1) is 11.1 Å². The van der Waals surface area contributed by atoms with Gasteiger partial charge in [0.1, 0.15) is 5.58 Å². The highest BCUT2D eigenvalue weighted by Gasteiger charge is 2.14. The van der Waals surface area contributed by atoms with Crippen molar-refractivity contribution in [2.45, 2.75) is 13.8 Å². The van der Waals surface area contributed by atoms with Gasteiger partial charge in [0, 0.05) is 41.5 Å². The van der Waals surface area contributed by atoms with E-state index in [0.717, 1.165) is 17.0 Å². The number of furan rings is 1. The molecule has 3 rings (SSSR count). The maximum absolute atomic E-state index is 12.1. The van der Waals surface area contributed by atoms with Crippen LogP contribution in [-0.2, 0) is 7.05 Å². The Balaban J connectivity index is 1.76. The molecule has 0 radical (unpaired) electrons. The fourth-order valence-electron chi connectivity index (χ4n) is 2.49. The zero-order chi connectivity index (χ0) is 18.1. The van der Waals surface area contributed by atoms with Gasteiger partial charge < -0.3 is 8.98 Å². The van der Waals surface area contributed by atoms with Crippen LogP contribution in [0.3, 0.4) is 0 Å². The van der Waals surface area contributed by atoms with E-state index in [1.807, 2.05) is 31.5 Å². The lowest BCUT2D eigenvalue weighted by molar-refractivity contribution is -0.384. The highest BCUT2D eigenvalue weighted by Crippen LogP contribution is 2.24. The topological polar surface area (TPSA) is 103 Å². The summed E-state index contributed by atoms with van der Waals surface area (Å²) in [7, 11) is 1.95. The first-order valence-corrected chi connectivity index (χ1v) is 7.51. The molecule has 0 aliphatic carbocycles. The highest BCUT2D eigenvalue weighted by atomic mass is 16.6. The van der Waals surface area contributed by atoms with E-state index in [4.69, 9.17) is 4.42 Å². The molecule has 3 aromatic rings. The van der Waals surface area contributed by atoms with E-state index in [1.165, 1.54) is 24.3 Å². The summed E-state index contributed by atoms with van der Waals surface area (Å²) >= 11 is 0. The van der Waals surface area contributed by atoms with Gasteiger partial charge in [0.25, 0.3) is 5.69 Å². The van der Waals surface area contributed by atoms with E-state index < -0.39 is 10.8 Å². The van der Waals surface area contributed by atoms with Crippen molar-refractivity contribution < 1.29 is 14.1 Å². The number of rotatable bonds is 4. The van der Waals surface area contributed by atoms with Crippen molar-refractivity contribution in [2.75, 3.05) is 0 Å². The Hall–Kier alpha value is -3.42. The number of aromatic nitrogens is 1. The maximum atomic E-state index is 12.1. The Morgan fingerprint density at radius 2 is 2.08 bits per heavy atom. The summed E-state index contributed by atoms with van der Waals surface area (Å²) in [6.07, 6.45) is 1.56. The number of nitrogens with one attached hydrogen (secondary N) is 1. The van der Waals surface area contributed by atoms with E-state index in [9.17, 15) is 14.9 Å². The van der Waals surface area contributed by atoms with Crippen LogP contribution in [0.1, 0.15) is 27.5 Å². The second kappa shape index (κ2) is 6.23.